The van der Waals surface area contributed by atoms with Crippen molar-refractivity contribution in [3.05, 3.63) is 93.4 Å². The summed E-state index contributed by atoms with van der Waals surface area (Å²) in [5.41, 5.74) is 11.2. The molecule has 2 atom stereocenters. The molecule has 6 heterocycles. The third kappa shape index (κ3) is 6.70. The van der Waals surface area contributed by atoms with Gasteiger partial charge in [0.15, 0.2) is 0 Å². The van der Waals surface area contributed by atoms with Crippen LogP contribution >= 0.6 is 23.1 Å². The third-order valence-corrected chi connectivity index (χ3v) is 12.1. The first kappa shape index (κ1) is 34.6. The smallest absolute Gasteiger partial charge is 0.272 e. The Hall–Kier alpha value is -4.79. The summed E-state index contributed by atoms with van der Waals surface area (Å²) in [7, 11) is 0. The number of nitrogens with one attached hydrogen (secondary N) is 1. The van der Waals surface area contributed by atoms with Gasteiger partial charge in [-0.25, -0.2) is 4.98 Å². The minimum absolute atomic E-state index is 0.00101. The number of H-pyrrole nitrogens is 1. The van der Waals surface area contributed by atoms with Crippen molar-refractivity contribution in [1.82, 2.24) is 34.8 Å². The first-order valence-electron chi connectivity index (χ1n) is 16.9. The van der Waals surface area contributed by atoms with Crippen molar-refractivity contribution in [1.29, 1.82) is 0 Å². The van der Waals surface area contributed by atoms with Crippen LogP contribution in [0.15, 0.2) is 71.7 Å². The van der Waals surface area contributed by atoms with E-state index in [0.29, 0.717) is 38.4 Å². The predicted octanol–water partition coefficient (Wildman–Crippen LogP) is 4.98. The van der Waals surface area contributed by atoms with E-state index in [4.69, 9.17) is 10.5 Å². The van der Waals surface area contributed by atoms with Crippen molar-refractivity contribution in [2.45, 2.75) is 50.5 Å². The molecule has 1 fully saturated rings. The summed E-state index contributed by atoms with van der Waals surface area (Å²) in [5.74, 6) is 0.150. The number of carbonyl (C=O) groups excluding carboxylic acids is 2. The number of rotatable bonds is 10. The van der Waals surface area contributed by atoms with Gasteiger partial charge in [-0.3, -0.25) is 24.4 Å². The average Bonchev–Trinajstić information content (AvgIpc) is 3.87. The van der Waals surface area contributed by atoms with Crippen molar-refractivity contribution < 1.29 is 14.3 Å². The first-order chi connectivity index (χ1) is 24.6. The molecule has 5 aromatic rings. The van der Waals surface area contributed by atoms with Crippen molar-refractivity contribution in [3.8, 4) is 22.1 Å². The maximum atomic E-state index is 13.9. The molecule has 7 rings (SSSR count). The molecule has 2 aliphatic heterocycles. The molecule has 3 N–H and O–H groups in total. The number of aryl methyl sites for hydroxylation is 1. The van der Waals surface area contributed by atoms with Gasteiger partial charge in [0.05, 0.1) is 29.9 Å². The normalized spacial score (nSPS) is 19.5. The number of hydrogen-bond donors (Lipinski definition) is 2. The van der Waals surface area contributed by atoms with Crippen LogP contribution in [0.2, 0.25) is 0 Å². The Morgan fingerprint density at radius 2 is 1.98 bits per heavy atom. The van der Waals surface area contributed by atoms with E-state index in [9.17, 15) is 14.4 Å². The van der Waals surface area contributed by atoms with E-state index in [-0.39, 0.29) is 24.1 Å². The summed E-state index contributed by atoms with van der Waals surface area (Å²) < 4.78 is 6.24. The van der Waals surface area contributed by atoms with Crippen LogP contribution < -0.4 is 16.0 Å². The van der Waals surface area contributed by atoms with Gasteiger partial charge in [0, 0.05) is 53.8 Å². The van der Waals surface area contributed by atoms with Crippen molar-refractivity contribution in [2.75, 3.05) is 32.4 Å². The second kappa shape index (κ2) is 14.1. The van der Waals surface area contributed by atoms with Crippen LogP contribution in [0.4, 0.5) is 0 Å². The number of thiophene rings is 1. The number of nitrogens with two attached hydrogens (primary N) is 1. The molecular weight excluding hydrogens is 685 g/mol. The number of primary amides is 1. The Balaban J connectivity index is 1.11. The van der Waals surface area contributed by atoms with Crippen molar-refractivity contribution in [2.24, 2.45) is 5.73 Å². The fraction of sp³-hybridized carbons (Fsp3) is 0.351. The van der Waals surface area contributed by atoms with E-state index in [0.717, 1.165) is 48.9 Å². The molecule has 264 valence electrons. The highest BCUT2D eigenvalue weighted by atomic mass is 32.2. The van der Waals surface area contributed by atoms with Crippen LogP contribution in [-0.4, -0.2) is 89.9 Å². The number of aromatic amines is 1. The van der Waals surface area contributed by atoms with Crippen LogP contribution in [0.3, 0.4) is 0 Å². The number of nitrogens with zero attached hydrogens (tertiary/aromatic N) is 6. The molecule has 0 radical (unpaired) electrons. The van der Waals surface area contributed by atoms with Gasteiger partial charge < -0.3 is 15.4 Å². The number of amides is 2. The molecule has 1 saturated heterocycles. The van der Waals surface area contributed by atoms with E-state index >= 15 is 0 Å². The van der Waals surface area contributed by atoms with Crippen LogP contribution in [0.1, 0.15) is 48.9 Å². The van der Waals surface area contributed by atoms with Gasteiger partial charge in [0.25, 0.3) is 5.56 Å². The van der Waals surface area contributed by atoms with Crippen LogP contribution in [0.5, 0.6) is 5.88 Å². The van der Waals surface area contributed by atoms with Crippen molar-refractivity contribution >= 4 is 51.4 Å². The Kier molecular flexibility index (Phi) is 9.57. The van der Waals surface area contributed by atoms with Gasteiger partial charge in [-0.15, -0.1) is 23.1 Å². The predicted molar refractivity (Wildman–Crippen MR) is 201 cm³/mol. The maximum absolute atomic E-state index is 13.9. The summed E-state index contributed by atoms with van der Waals surface area (Å²) in [6.45, 7) is 7.53. The maximum Gasteiger partial charge on any atom is 0.272 e. The highest BCUT2D eigenvalue weighted by molar-refractivity contribution is 8.00. The number of benzene rings is 1. The summed E-state index contributed by atoms with van der Waals surface area (Å²) in [6, 6.07) is 16.5. The van der Waals surface area contributed by atoms with E-state index < -0.39 is 16.7 Å². The minimum Gasteiger partial charge on any atom is -0.475 e. The molecule has 2 amide bonds. The molecule has 0 aliphatic carbocycles. The SMILES string of the molecule is CSC1(C(N)=O)CCN(CC(=O)N2CC=C(c3ccc(-n4nc(C)ccc4=O)s3)CC2)C1c1ccc2[nH]nc(-c3ccc(OC(C)C)nc3)c2c1. The Labute approximate surface area is 303 Å². The molecular formula is C37H40N8O4S2. The van der Waals surface area contributed by atoms with E-state index in [1.54, 1.807) is 12.3 Å². The molecule has 2 unspecified atom stereocenters. The summed E-state index contributed by atoms with van der Waals surface area (Å²) in [5, 5.41) is 13.7. The topological polar surface area (TPSA) is 152 Å². The first-order valence-corrected chi connectivity index (χ1v) is 18.9. The lowest BCUT2D eigenvalue weighted by atomic mass is 9.90. The fourth-order valence-corrected chi connectivity index (χ4v) is 9.05. The molecule has 1 aromatic carbocycles. The van der Waals surface area contributed by atoms with Gasteiger partial charge in [-0.05, 0) is 87.4 Å². The number of pyridine rings is 1. The summed E-state index contributed by atoms with van der Waals surface area (Å²) in [6.07, 6.45) is 6.99. The lowest BCUT2D eigenvalue weighted by Gasteiger charge is -2.36. The van der Waals surface area contributed by atoms with Crippen LogP contribution in [-0.2, 0) is 9.59 Å². The number of hydrogen-bond acceptors (Lipinski definition) is 10. The second-order valence-corrected chi connectivity index (χ2v) is 15.4. The van der Waals surface area contributed by atoms with Gasteiger partial charge in [0.1, 0.15) is 15.4 Å². The Morgan fingerprint density at radius 3 is 2.69 bits per heavy atom. The minimum atomic E-state index is -0.908. The van der Waals surface area contributed by atoms with E-state index in [2.05, 4.69) is 37.3 Å². The zero-order valence-electron chi connectivity index (χ0n) is 29.0. The Morgan fingerprint density at radius 1 is 1.14 bits per heavy atom. The van der Waals surface area contributed by atoms with Crippen LogP contribution in [0.25, 0.3) is 32.7 Å². The number of fused-ring (bicyclic) bond motifs is 1. The number of aromatic nitrogens is 5. The van der Waals surface area contributed by atoms with Gasteiger partial charge >= 0.3 is 0 Å². The van der Waals surface area contributed by atoms with E-state index in [1.807, 2.05) is 68.3 Å². The molecule has 4 aromatic heterocycles. The summed E-state index contributed by atoms with van der Waals surface area (Å²) in [4.78, 5) is 48.9. The molecule has 2 aliphatic rings. The molecule has 12 nitrogen and oxygen atoms in total. The molecule has 14 heteroatoms. The average molecular weight is 725 g/mol. The van der Waals surface area contributed by atoms with Crippen LogP contribution in [0, 0.1) is 6.92 Å². The fourth-order valence-electron chi connectivity index (χ4n) is 7.01. The van der Waals surface area contributed by atoms with Gasteiger partial charge in [-0.2, -0.15) is 14.9 Å². The zero-order chi connectivity index (χ0) is 35.9. The molecule has 51 heavy (non-hydrogen) atoms. The monoisotopic (exact) mass is 724 g/mol. The number of ether oxygens (including phenoxy) is 1. The molecule has 0 spiro atoms. The zero-order valence-corrected chi connectivity index (χ0v) is 30.6. The largest absolute Gasteiger partial charge is 0.475 e. The van der Waals surface area contributed by atoms with Gasteiger partial charge in [-0.1, -0.05) is 12.1 Å². The van der Waals surface area contributed by atoms with Gasteiger partial charge in [0.2, 0.25) is 17.7 Å². The Bertz CT molecular complexity index is 2190. The summed E-state index contributed by atoms with van der Waals surface area (Å²) >= 11 is 2.97. The standard InChI is InChI=1S/C37H40N8O4S2/c1-22(2)49-30-10-7-26(20-39-30)34-27-19-25(6-8-28(27)40-41-34)35-37(50-4,36(38)48)15-18-44(35)21-32(47)43-16-13-24(14-17-43)29-9-12-33(51-29)45-31(46)11-5-23(3)42-45/h5-13,19-20,22,35H,14-18,21H2,1-4H3,(H2,38,48)(H,40,41). The lowest BCUT2D eigenvalue weighted by Crippen LogP contribution is -2.48. The number of thioether (sulfide) groups is 1. The van der Waals surface area contributed by atoms with E-state index in [1.165, 1.54) is 33.8 Å². The lowest BCUT2D eigenvalue weighted by molar-refractivity contribution is -0.132. The quantitative estimate of drug-likeness (QED) is 0.203. The second-order valence-electron chi connectivity index (χ2n) is 13.2. The van der Waals surface area contributed by atoms with Crippen molar-refractivity contribution in [3.63, 3.8) is 0 Å². The highest BCUT2D eigenvalue weighted by Crippen LogP contribution is 2.49. The molecule has 0 saturated carbocycles. The highest BCUT2D eigenvalue weighted by Gasteiger charge is 2.52. The number of likely N-dealkylation sites (tertiary alicyclic amines) is 1. The molecule has 0 bridgehead atoms. The number of carbonyl (C=O) groups is 2. The third-order valence-electron chi connectivity index (χ3n) is 9.58.